The summed E-state index contributed by atoms with van der Waals surface area (Å²) in [5.41, 5.74) is 1.13. The number of aliphatic imine (C=N–C) groups is 1. The molecule has 178 valence electrons. The van der Waals surface area contributed by atoms with Crippen LogP contribution in [-0.4, -0.2) is 88.4 Å². The zero-order valence-electron chi connectivity index (χ0n) is 19.9. The number of ether oxygens (including phenoxy) is 2. The molecule has 2 rings (SSSR count). The molecule has 0 saturated carbocycles. The molecule has 0 aliphatic carbocycles. The van der Waals surface area contributed by atoms with Gasteiger partial charge in [-0.25, -0.2) is 4.99 Å². The summed E-state index contributed by atoms with van der Waals surface area (Å²) < 4.78 is 11.8. The fourth-order valence-corrected chi connectivity index (χ4v) is 3.39. The second-order valence-corrected chi connectivity index (χ2v) is 8.52. The zero-order valence-corrected chi connectivity index (χ0v) is 22.2. The summed E-state index contributed by atoms with van der Waals surface area (Å²) in [4.78, 5) is 9.35. The molecule has 1 aromatic carbocycles. The van der Waals surface area contributed by atoms with Crippen molar-refractivity contribution in [3.8, 4) is 5.75 Å². The lowest BCUT2D eigenvalue weighted by molar-refractivity contribution is -0.0284. The second-order valence-electron chi connectivity index (χ2n) is 8.52. The van der Waals surface area contributed by atoms with Crippen molar-refractivity contribution < 1.29 is 9.47 Å². The van der Waals surface area contributed by atoms with E-state index in [0.29, 0.717) is 19.1 Å². The van der Waals surface area contributed by atoms with Gasteiger partial charge in [0, 0.05) is 39.3 Å². The molecule has 0 radical (unpaired) electrons. The molecule has 1 fully saturated rings. The summed E-state index contributed by atoms with van der Waals surface area (Å²) in [6.45, 7) is 14.3. The van der Waals surface area contributed by atoms with Gasteiger partial charge in [0.1, 0.15) is 12.4 Å². The van der Waals surface area contributed by atoms with Crippen molar-refractivity contribution in [3.63, 3.8) is 0 Å². The second kappa shape index (κ2) is 15.7. The van der Waals surface area contributed by atoms with Crippen molar-refractivity contribution in [2.24, 2.45) is 10.9 Å². The van der Waals surface area contributed by atoms with Crippen LogP contribution in [0.25, 0.3) is 0 Å². The molecule has 0 amide bonds. The van der Waals surface area contributed by atoms with Crippen molar-refractivity contribution in [2.45, 2.75) is 33.4 Å². The third-order valence-electron chi connectivity index (χ3n) is 4.81. The Hall–Kier alpha value is -1.10. The Morgan fingerprint density at radius 2 is 2.13 bits per heavy atom. The summed E-state index contributed by atoms with van der Waals surface area (Å²) in [6, 6.07) is 8.17. The summed E-state index contributed by atoms with van der Waals surface area (Å²) >= 11 is 0. The number of halogens is 1. The number of hydrogen-bond acceptors (Lipinski definition) is 5. The first-order valence-corrected chi connectivity index (χ1v) is 11.2. The van der Waals surface area contributed by atoms with Crippen LogP contribution in [0.4, 0.5) is 0 Å². The van der Waals surface area contributed by atoms with Gasteiger partial charge in [0.05, 0.1) is 19.3 Å². The fourth-order valence-electron chi connectivity index (χ4n) is 3.39. The number of morpholine rings is 1. The Kier molecular flexibility index (Phi) is 14.1. The monoisotopic (exact) mass is 547 g/mol. The molecule has 1 aliphatic heterocycles. The highest BCUT2D eigenvalue weighted by Gasteiger charge is 2.21. The molecule has 2 N–H and O–H groups in total. The van der Waals surface area contributed by atoms with Crippen LogP contribution in [0, 0.1) is 5.92 Å². The van der Waals surface area contributed by atoms with Crippen molar-refractivity contribution in [1.82, 2.24) is 20.4 Å². The smallest absolute Gasteiger partial charge is 0.191 e. The highest BCUT2D eigenvalue weighted by atomic mass is 127. The van der Waals surface area contributed by atoms with Gasteiger partial charge in [-0.05, 0) is 44.6 Å². The summed E-state index contributed by atoms with van der Waals surface area (Å²) in [7, 11) is 4.09. The van der Waals surface area contributed by atoms with E-state index < -0.39 is 0 Å². The van der Waals surface area contributed by atoms with Crippen LogP contribution in [0.1, 0.15) is 26.3 Å². The van der Waals surface area contributed by atoms with Gasteiger partial charge in [0.2, 0.25) is 0 Å². The van der Waals surface area contributed by atoms with Gasteiger partial charge >= 0.3 is 0 Å². The Bertz CT molecular complexity index is 642. The van der Waals surface area contributed by atoms with Gasteiger partial charge < -0.3 is 25.0 Å². The normalized spacial score (nSPS) is 17.5. The standard InChI is InChI=1S/C23H41N5O2.HI/c1-6-24-23(26-16-22-18-28(11-13-30-22)17-19(2)3)25-15-20-8-7-9-21(14-20)29-12-10-27(4)5;/h7-9,14,19,22H,6,10-13,15-18H2,1-5H3,(H2,24,25,26);1H. The third-order valence-corrected chi connectivity index (χ3v) is 4.81. The molecule has 8 heteroatoms. The SMILES string of the molecule is CCNC(=NCc1cccc(OCCN(C)C)c1)NCC1CN(CC(C)C)CCO1.I. The molecule has 1 aromatic rings. The van der Waals surface area contributed by atoms with Gasteiger partial charge in [-0.2, -0.15) is 0 Å². The number of guanidine groups is 1. The van der Waals surface area contributed by atoms with E-state index in [0.717, 1.165) is 63.1 Å². The maximum Gasteiger partial charge on any atom is 0.191 e. The quantitative estimate of drug-likeness (QED) is 0.253. The first-order chi connectivity index (χ1) is 14.5. The topological polar surface area (TPSA) is 61.4 Å². The molecular weight excluding hydrogens is 505 g/mol. The van der Waals surface area contributed by atoms with E-state index in [1.807, 2.05) is 26.2 Å². The molecule has 1 saturated heterocycles. The molecule has 1 unspecified atom stereocenters. The average Bonchev–Trinajstić information content (AvgIpc) is 2.70. The first-order valence-electron chi connectivity index (χ1n) is 11.2. The largest absolute Gasteiger partial charge is 0.492 e. The number of nitrogens with one attached hydrogen (secondary N) is 2. The summed E-state index contributed by atoms with van der Waals surface area (Å²) in [5, 5.41) is 6.78. The van der Waals surface area contributed by atoms with Crippen LogP contribution < -0.4 is 15.4 Å². The average molecular weight is 548 g/mol. The number of rotatable bonds is 11. The van der Waals surface area contributed by atoms with Crippen LogP contribution in [0.3, 0.4) is 0 Å². The number of benzene rings is 1. The third kappa shape index (κ3) is 11.9. The van der Waals surface area contributed by atoms with E-state index in [4.69, 9.17) is 14.5 Å². The molecule has 1 aliphatic rings. The zero-order chi connectivity index (χ0) is 21.8. The van der Waals surface area contributed by atoms with Crippen LogP contribution in [0.15, 0.2) is 29.3 Å². The van der Waals surface area contributed by atoms with E-state index in [-0.39, 0.29) is 30.1 Å². The van der Waals surface area contributed by atoms with Gasteiger partial charge in [0.25, 0.3) is 0 Å². The molecule has 1 atom stereocenters. The lowest BCUT2D eigenvalue weighted by atomic mass is 10.2. The predicted octanol–water partition coefficient (Wildman–Crippen LogP) is 2.66. The maximum absolute atomic E-state index is 5.94. The number of hydrogen-bond donors (Lipinski definition) is 2. The van der Waals surface area contributed by atoms with Crippen LogP contribution in [-0.2, 0) is 11.3 Å². The lowest BCUT2D eigenvalue weighted by Crippen LogP contribution is -2.50. The van der Waals surface area contributed by atoms with Gasteiger partial charge in [-0.3, -0.25) is 4.90 Å². The van der Waals surface area contributed by atoms with Crippen molar-refractivity contribution in [3.05, 3.63) is 29.8 Å². The highest BCUT2D eigenvalue weighted by Crippen LogP contribution is 2.14. The van der Waals surface area contributed by atoms with Crippen LogP contribution in [0.5, 0.6) is 5.75 Å². The van der Waals surface area contributed by atoms with Crippen LogP contribution >= 0.6 is 24.0 Å². The van der Waals surface area contributed by atoms with Gasteiger partial charge in [-0.15, -0.1) is 24.0 Å². The summed E-state index contributed by atoms with van der Waals surface area (Å²) in [6.07, 6.45) is 0.190. The minimum atomic E-state index is 0. The minimum absolute atomic E-state index is 0. The molecular formula is C23H42IN5O2. The molecule has 7 nitrogen and oxygen atoms in total. The maximum atomic E-state index is 5.94. The lowest BCUT2D eigenvalue weighted by Gasteiger charge is -2.34. The van der Waals surface area contributed by atoms with E-state index in [9.17, 15) is 0 Å². The van der Waals surface area contributed by atoms with Crippen molar-refractivity contribution >= 4 is 29.9 Å². The van der Waals surface area contributed by atoms with E-state index >= 15 is 0 Å². The predicted molar refractivity (Wildman–Crippen MR) is 140 cm³/mol. The number of likely N-dealkylation sites (N-methyl/N-ethyl adjacent to an activating group) is 1. The molecule has 31 heavy (non-hydrogen) atoms. The van der Waals surface area contributed by atoms with Gasteiger partial charge in [-0.1, -0.05) is 26.0 Å². The van der Waals surface area contributed by atoms with Crippen molar-refractivity contribution in [2.75, 3.05) is 66.6 Å². The highest BCUT2D eigenvalue weighted by molar-refractivity contribution is 14.0. The number of nitrogens with zero attached hydrogens (tertiary/aromatic N) is 3. The Morgan fingerprint density at radius 3 is 2.84 bits per heavy atom. The fraction of sp³-hybridized carbons (Fsp3) is 0.696. The summed E-state index contributed by atoms with van der Waals surface area (Å²) in [5.74, 6) is 2.39. The Morgan fingerprint density at radius 1 is 1.32 bits per heavy atom. The van der Waals surface area contributed by atoms with E-state index in [1.165, 1.54) is 0 Å². The first kappa shape index (κ1) is 27.9. The molecule has 0 aromatic heterocycles. The molecule has 0 spiro atoms. The van der Waals surface area contributed by atoms with Crippen LogP contribution in [0.2, 0.25) is 0 Å². The Labute approximate surface area is 206 Å². The minimum Gasteiger partial charge on any atom is -0.492 e. The van der Waals surface area contributed by atoms with Crippen molar-refractivity contribution in [1.29, 1.82) is 0 Å². The van der Waals surface area contributed by atoms with Gasteiger partial charge in [0.15, 0.2) is 5.96 Å². The molecule has 1 heterocycles. The van der Waals surface area contributed by atoms with E-state index in [1.54, 1.807) is 0 Å². The Balaban J connectivity index is 0.00000480. The molecule has 0 bridgehead atoms. The van der Waals surface area contributed by atoms with E-state index in [2.05, 4.69) is 53.3 Å².